The van der Waals surface area contributed by atoms with E-state index in [1.54, 1.807) is 0 Å². The van der Waals surface area contributed by atoms with Gasteiger partial charge >= 0.3 is 0 Å². The molecule has 0 bridgehead atoms. The van der Waals surface area contributed by atoms with E-state index < -0.39 is 0 Å². The minimum Gasteiger partial charge on any atom is -0.257 e. The first-order valence-corrected chi connectivity index (χ1v) is 4.02. The largest absolute Gasteiger partial charge is 0.257 e. The van der Waals surface area contributed by atoms with E-state index in [1.807, 2.05) is 32.9 Å². The molecule has 0 unspecified atom stereocenters. The van der Waals surface area contributed by atoms with Crippen LogP contribution < -0.4 is 0 Å². The van der Waals surface area contributed by atoms with E-state index in [0.29, 0.717) is 11.5 Å². The summed E-state index contributed by atoms with van der Waals surface area (Å²) in [6.07, 6.45) is 0. The molecule has 0 radical (unpaired) electrons. The van der Waals surface area contributed by atoms with E-state index in [4.69, 9.17) is 5.26 Å². The number of nitriles is 1. The molecular formula is C10H12N2. The average molecular weight is 160 g/mol. The van der Waals surface area contributed by atoms with E-state index >= 15 is 0 Å². The van der Waals surface area contributed by atoms with Gasteiger partial charge in [0.05, 0.1) is 11.3 Å². The van der Waals surface area contributed by atoms with E-state index in [1.165, 1.54) is 0 Å². The Hall–Kier alpha value is -1.36. The summed E-state index contributed by atoms with van der Waals surface area (Å²) in [7, 11) is 0. The van der Waals surface area contributed by atoms with Crippen molar-refractivity contribution in [1.82, 2.24) is 4.98 Å². The second-order valence-electron chi connectivity index (χ2n) is 3.15. The molecule has 0 aliphatic heterocycles. The van der Waals surface area contributed by atoms with Crippen molar-refractivity contribution in [1.29, 1.82) is 5.26 Å². The number of hydrogen-bond donors (Lipinski definition) is 0. The minimum atomic E-state index is 0.319. The van der Waals surface area contributed by atoms with Gasteiger partial charge in [0.25, 0.3) is 0 Å². The Morgan fingerprint density at radius 3 is 2.58 bits per heavy atom. The van der Waals surface area contributed by atoms with E-state index in [-0.39, 0.29) is 0 Å². The van der Waals surface area contributed by atoms with Gasteiger partial charge in [0.1, 0.15) is 6.07 Å². The molecule has 0 spiro atoms. The molecule has 1 aromatic rings. The molecule has 0 fully saturated rings. The summed E-state index contributed by atoms with van der Waals surface area (Å²) in [5, 5.41) is 8.77. The Balaban J connectivity index is 3.24. The molecule has 12 heavy (non-hydrogen) atoms. The maximum absolute atomic E-state index is 8.77. The van der Waals surface area contributed by atoms with Crippen molar-refractivity contribution < 1.29 is 0 Å². The monoisotopic (exact) mass is 160 g/mol. The molecule has 0 aromatic carbocycles. The third-order valence-corrected chi connectivity index (χ3v) is 1.73. The van der Waals surface area contributed by atoms with Gasteiger partial charge in [-0.2, -0.15) is 5.26 Å². The van der Waals surface area contributed by atoms with Crippen LogP contribution in [0.3, 0.4) is 0 Å². The molecule has 2 heteroatoms. The smallest absolute Gasteiger partial charge is 0.101 e. The van der Waals surface area contributed by atoms with E-state index in [9.17, 15) is 0 Å². The zero-order valence-electron chi connectivity index (χ0n) is 7.63. The molecular weight excluding hydrogens is 148 g/mol. The van der Waals surface area contributed by atoms with Crippen molar-refractivity contribution in [2.24, 2.45) is 0 Å². The van der Waals surface area contributed by atoms with Crippen molar-refractivity contribution in [2.45, 2.75) is 26.7 Å². The molecule has 1 aromatic heterocycles. The normalized spacial score (nSPS) is 9.92. The lowest BCUT2D eigenvalue weighted by atomic mass is 10.0. The first kappa shape index (κ1) is 8.73. The SMILES string of the molecule is Cc1ccc(C#N)c(C(C)C)n1. The van der Waals surface area contributed by atoms with Crippen LogP contribution in [0.25, 0.3) is 0 Å². The van der Waals surface area contributed by atoms with E-state index in [0.717, 1.165) is 11.4 Å². The van der Waals surface area contributed by atoms with Crippen LogP contribution in [0.1, 0.15) is 36.7 Å². The third kappa shape index (κ3) is 1.62. The van der Waals surface area contributed by atoms with Gasteiger partial charge in [-0.1, -0.05) is 13.8 Å². The highest BCUT2D eigenvalue weighted by atomic mass is 14.7. The third-order valence-electron chi connectivity index (χ3n) is 1.73. The minimum absolute atomic E-state index is 0.319. The summed E-state index contributed by atoms with van der Waals surface area (Å²) in [6, 6.07) is 5.84. The predicted molar refractivity (Wildman–Crippen MR) is 47.8 cm³/mol. The van der Waals surface area contributed by atoms with Crippen LogP contribution in [0.15, 0.2) is 12.1 Å². The highest BCUT2D eigenvalue weighted by molar-refractivity contribution is 5.35. The topological polar surface area (TPSA) is 36.7 Å². The molecule has 0 saturated carbocycles. The van der Waals surface area contributed by atoms with Crippen LogP contribution in [0.4, 0.5) is 0 Å². The fraction of sp³-hybridized carbons (Fsp3) is 0.400. The fourth-order valence-corrected chi connectivity index (χ4v) is 1.11. The van der Waals surface area contributed by atoms with Crippen LogP contribution in [0.5, 0.6) is 0 Å². The number of pyridine rings is 1. The maximum Gasteiger partial charge on any atom is 0.101 e. The van der Waals surface area contributed by atoms with Crippen molar-refractivity contribution >= 4 is 0 Å². The summed E-state index contributed by atoms with van der Waals surface area (Å²) in [6.45, 7) is 6.03. The summed E-state index contributed by atoms with van der Waals surface area (Å²) >= 11 is 0. The van der Waals surface area contributed by atoms with Crippen molar-refractivity contribution in [3.8, 4) is 6.07 Å². The van der Waals surface area contributed by atoms with Crippen LogP contribution >= 0.6 is 0 Å². The molecule has 1 heterocycles. The molecule has 2 nitrogen and oxygen atoms in total. The van der Waals surface area contributed by atoms with Gasteiger partial charge < -0.3 is 0 Å². The number of rotatable bonds is 1. The van der Waals surface area contributed by atoms with Gasteiger partial charge in [0.15, 0.2) is 0 Å². The number of aryl methyl sites for hydroxylation is 1. The highest BCUT2D eigenvalue weighted by Crippen LogP contribution is 2.16. The standard InChI is InChI=1S/C10H12N2/c1-7(2)10-9(6-11)5-4-8(3)12-10/h4-5,7H,1-3H3. The highest BCUT2D eigenvalue weighted by Gasteiger charge is 2.07. The Labute approximate surface area is 72.9 Å². The van der Waals surface area contributed by atoms with Crippen LogP contribution in [0.2, 0.25) is 0 Å². The van der Waals surface area contributed by atoms with E-state index in [2.05, 4.69) is 11.1 Å². The number of aromatic nitrogens is 1. The first-order valence-electron chi connectivity index (χ1n) is 4.02. The second kappa shape index (κ2) is 3.36. The summed E-state index contributed by atoms with van der Waals surface area (Å²) in [4.78, 5) is 4.32. The van der Waals surface area contributed by atoms with Gasteiger partial charge in [-0.3, -0.25) is 4.98 Å². The Kier molecular flexibility index (Phi) is 2.44. The van der Waals surface area contributed by atoms with Gasteiger partial charge in [-0.15, -0.1) is 0 Å². The summed E-state index contributed by atoms with van der Waals surface area (Å²) in [5.74, 6) is 0.319. The first-order chi connectivity index (χ1) is 5.65. The lowest BCUT2D eigenvalue weighted by Gasteiger charge is -2.06. The summed E-state index contributed by atoms with van der Waals surface area (Å²) in [5.41, 5.74) is 2.56. The molecule has 0 N–H and O–H groups in total. The molecule has 0 atom stereocenters. The number of hydrogen-bond acceptors (Lipinski definition) is 2. The van der Waals surface area contributed by atoms with Gasteiger partial charge in [0, 0.05) is 5.69 Å². The Morgan fingerprint density at radius 2 is 2.08 bits per heavy atom. The fourth-order valence-electron chi connectivity index (χ4n) is 1.11. The molecule has 1 rings (SSSR count). The zero-order chi connectivity index (χ0) is 9.14. The molecule has 62 valence electrons. The van der Waals surface area contributed by atoms with Crippen LogP contribution in [-0.4, -0.2) is 4.98 Å². The van der Waals surface area contributed by atoms with Crippen LogP contribution in [0, 0.1) is 18.3 Å². The van der Waals surface area contributed by atoms with Crippen molar-refractivity contribution in [2.75, 3.05) is 0 Å². The Morgan fingerprint density at radius 1 is 1.42 bits per heavy atom. The lowest BCUT2D eigenvalue weighted by Crippen LogP contribution is -1.98. The van der Waals surface area contributed by atoms with Crippen LogP contribution in [-0.2, 0) is 0 Å². The van der Waals surface area contributed by atoms with Gasteiger partial charge in [-0.25, -0.2) is 0 Å². The lowest BCUT2D eigenvalue weighted by molar-refractivity contribution is 0.811. The average Bonchev–Trinajstić information content (AvgIpc) is 2.04. The molecule has 0 aliphatic rings. The zero-order valence-corrected chi connectivity index (χ0v) is 7.63. The second-order valence-corrected chi connectivity index (χ2v) is 3.15. The summed E-state index contributed by atoms with van der Waals surface area (Å²) < 4.78 is 0. The molecule has 0 amide bonds. The van der Waals surface area contributed by atoms with Crippen molar-refractivity contribution in [3.05, 3.63) is 29.1 Å². The van der Waals surface area contributed by atoms with Crippen molar-refractivity contribution in [3.63, 3.8) is 0 Å². The quantitative estimate of drug-likeness (QED) is 0.632. The maximum atomic E-state index is 8.77. The number of nitrogens with zero attached hydrogens (tertiary/aromatic N) is 2. The Bertz CT molecular complexity index is 321. The molecule has 0 saturated heterocycles. The molecule has 0 aliphatic carbocycles. The van der Waals surface area contributed by atoms with Gasteiger partial charge in [0.2, 0.25) is 0 Å². The van der Waals surface area contributed by atoms with Gasteiger partial charge in [-0.05, 0) is 25.0 Å². The predicted octanol–water partition coefficient (Wildman–Crippen LogP) is 2.39.